The Bertz CT molecular complexity index is 948. The summed E-state index contributed by atoms with van der Waals surface area (Å²) in [5.74, 6) is -0.796. The van der Waals surface area contributed by atoms with Gasteiger partial charge in [0, 0.05) is 24.3 Å². The number of hydrogen-bond acceptors (Lipinski definition) is 6. The van der Waals surface area contributed by atoms with Gasteiger partial charge in [-0.3, -0.25) is 14.3 Å². The van der Waals surface area contributed by atoms with E-state index < -0.39 is 17.8 Å². The van der Waals surface area contributed by atoms with E-state index >= 15 is 0 Å². The van der Waals surface area contributed by atoms with Gasteiger partial charge in [-0.05, 0) is 62.4 Å². The fourth-order valence-electron chi connectivity index (χ4n) is 3.34. The second-order valence-corrected chi connectivity index (χ2v) is 8.50. The SMILES string of the molecule is CCCCOC(=O)c1ccc(NC(=O)COC(=O)CCc2c(C)nn(CC(C)C)c2C)cc1. The number of unbranched alkanes of at least 4 members (excludes halogenated alkanes) is 1. The predicted molar refractivity (Wildman–Crippen MR) is 126 cm³/mol. The zero-order valence-electron chi connectivity index (χ0n) is 20.3. The highest BCUT2D eigenvalue weighted by molar-refractivity contribution is 5.94. The maximum atomic E-state index is 12.1. The molecule has 0 atom stereocenters. The molecule has 2 aromatic rings. The van der Waals surface area contributed by atoms with Crippen LogP contribution in [0.15, 0.2) is 24.3 Å². The van der Waals surface area contributed by atoms with Crippen LogP contribution in [-0.4, -0.2) is 40.8 Å². The highest BCUT2D eigenvalue weighted by Crippen LogP contribution is 2.17. The third-order valence-electron chi connectivity index (χ3n) is 5.15. The molecule has 0 radical (unpaired) electrons. The predicted octanol–water partition coefficient (Wildman–Crippen LogP) is 4.23. The minimum absolute atomic E-state index is 0.178. The van der Waals surface area contributed by atoms with Gasteiger partial charge in [-0.2, -0.15) is 5.10 Å². The van der Waals surface area contributed by atoms with E-state index in [0.29, 0.717) is 30.2 Å². The second kappa shape index (κ2) is 12.8. The van der Waals surface area contributed by atoms with Crippen LogP contribution in [0.2, 0.25) is 0 Å². The van der Waals surface area contributed by atoms with Crippen molar-refractivity contribution in [1.82, 2.24) is 9.78 Å². The number of esters is 2. The molecule has 0 spiro atoms. The Morgan fingerprint density at radius 1 is 1.09 bits per heavy atom. The summed E-state index contributed by atoms with van der Waals surface area (Å²) in [6.45, 7) is 11.1. The number of nitrogens with one attached hydrogen (secondary N) is 1. The van der Waals surface area contributed by atoms with E-state index in [0.717, 1.165) is 36.3 Å². The van der Waals surface area contributed by atoms with Crippen molar-refractivity contribution in [2.24, 2.45) is 5.92 Å². The number of hydrogen-bond donors (Lipinski definition) is 1. The molecule has 0 saturated heterocycles. The highest BCUT2D eigenvalue weighted by Gasteiger charge is 2.15. The largest absolute Gasteiger partial charge is 0.462 e. The molecule has 0 saturated carbocycles. The lowest BCUT2D eigenvalue weighted by Gasteiger charge is -2.09. The number of rotatable bonds is 12. The Morgan fingerprint density at radius 2 is 1.79 bits per heavy atom. The van der Waals surface area contributed by atoms with Gasteiger partial charge in [0.25, 0.3) is 5.91 Å². The van der Waals surface area contributed by atoms with Crippen molar-refractivity contribution in [3.63, 3.8) is 0 Å². The first kappa shape index (κ1) is 26.1. The van der Waals surface area contributed by atoms with Crippen LogP contribution in [0.3, 0.4) is 0 Å². The summed E-state index contributed by atoms with van der Waals surface area (Å²) in [5, 5.41) is 7.20. The first-order valence-corrected chi connectivity index (χ1v) is 11.5. The van der Waals surface area contributed by atoms with Crippen LogP contribution in [0, 0.1) is 19.8 Å². The van der Waals surface area contributed by atoms with Crippen LogP contribution >= 0.6 is 0 Å². The fraction of sp³-hybridized carbons (Fsp3) is 0.520. The van der Waals surface area contributed by atoms with Crippen molar-refractivity contribution in [3.8, 4) is 0 Å². The quantitative estimate of drug-likeness (QED) is 0.378. The molecule has 8 heteroatoms. The topological polar surface area (TPSA) is 99.5 Å². The Kier molecular flexibility index (Phi) is 10.1. The summed E-state index contributed by atoms with van der Waals surface area (Å²) in [6.07, 6.45) is 2.47. The average Bonchev–Trinajstić information content (AvgIpc) is 3.03. The summed E-state index contributed by atoms with van der Waals surface area (Å²) >= 11 is 0. The Morgan fingerprint density at radius 3 is 2.42 bits per heavy atom. The first-order chi connectivity index (χ1) is 15.7. The molecular weight excluding hydrogens is 422 g/mol. The number of amides is 1. The molecule has 1 aromatic carbocycles. The summed E-state index contributed by atoms with van der Waals surface area (Å²) < 4.78 is 12.2. The molecule has 0 unspecified atom stereocenters. The Labute approximate surface area is 195 Å². The monoisotopic (exact) mass is 457 g/mol. The standard InChI is InChI=1S/C25H35N3O5/c1-6-7-14-32-25(31)20-8-10-21(11-9-20)26-23(29)16-33-24(30)13-12-22-18(4)27-28(19(22)5)15-17(2)3/h8-11,17H,6-7,12-16H2,1-5H3,(H,26,29). The van der Waals surface area contributed by atoms with Crippen LogP contribution in [-0.2, 0) is 32.0 Å². The Hall–Kier alpha value is -3.16. The number of nitrogens with zero attached hydrogens (tertiary/aromatic N) is 2. The zero-order chi connectivity index (χ0) is 24.4. The van der Waals surface area contributed by atoms with Gasteiger partial charge in [-0.25, -0.2) is 4.79 Å². The van der Waals surface area contributed by atoms with Gasteiger partial charge in [0.1, 0.15) is 0 Å². The summed E-state index contributed by atoms with van der Waals surface area (Å²) in [5.41, 5.74) is 3.94. The van der Waals surface area contributed by atoms with Crippen LogP contribution < -0.4 is 5.32 Å². The summed E-state index contributed by atoms with van der Waals surface area (Å²) in [4.78, 5) is 36.1. The van der Waals surface area contributed by atoms with E-state index in [9.17, 15) is 14.4 Å². The van der Waals surface area contributed by atoms with Crippen molar-refractivity contribution in [2.45, 2.75) is 66.8 Å². The molecule has 0 aliphatic carbocycles. The average molecular weight is 458 g/mol. The highest BCUT2D eigenvalue weighted by atomic mass is 16.5. The molecule has 0 bridgehead atoms. The third kappa shape index (κ3) is 8.36. The molecule has 33 heavy (non-hydrogen) atoms. The minimum atomic E-state index is -0.446. The smallest absolute Gasteiger partial charge is 0.338 e. The van der Waals surface area contributed by atoms with Crippen LogP contribution in [0.4, 0.5) is 5.69 Å². The molecule has 1 heterocycles. The van der Waals surface area contributed by atoms with Gasteiger partial charge in [-0.1, -0.05) is 27.2 Å². The second-order valence-electron chi connectivity index (χ2n) is 8.50. The third-order valence-corrected chi connectivity index (χ3v) is 5.15. The van der Waals surface area contributed by atoms with Crippen molar-refractivity contribution in [2.75, 3.05) is 18.5 Å². The number of aryl methyl sites for hydroxylation is 1. The minimum Gasteiger partial charge on any atom is -0.462 e. The van der Waals surface area contributed by atoms with Crippen molar-refractivity contribution < 1.29 is 23.9 Å². The van der Waals surface area contributed by atoms with Gasteiger partial charge in [0.05, 0.1) is 17.9 Å². The molecule has 0 aliphatic rings. The Balaban J connectivity index is 1.77. The maximum Gasteiger partial charge on any atom is 0.338 e. The van der Waals surface area contributed by atoms with E-state index in [1.807, 2.05) is 25.5 Å². The molecule has 0 aliphatic heterocycles. The normalized spacial score (nSPS) is 10.8. The van der Waals surface area contributed by atoms with Crippen molar-refractivity contribution in [1.29, 1.82) is 0 Å². The number of benzene rings is 1. The van der Waals surface area contributed by atoms with E-state index in [4.69, 9.17) is 9.47 Å². The van der Waals surface area contributed by atoms with E-state index in [-0.39, 0.29) is 13.0 Å². The zero-order valence-corrected chi connectivity index (χ0v) is 20.3. The maximum absolute atomic E-state index is 12.1. The molecule has 2 rings (SSSR count). The number of ether oxygens (including phenoxy) is 2. The lowest BCUT2D eigenvalue weighted by Crippen LogP contribution is -2.21. The molecule has 1 amide bonds. The number of carbonyl (C=O) groups is 3. The molecular formula is C25H35N3O5. The van der Waals surface area contributed by atoms with Gasteiger partial charge < -0.3 is 14.8 Å². The van der Waals surface area contributed by atoms with Crippen LogP contribution in [0.5, 0.6) is 0 Å². The van der Waals surface area contributed by atoms with Crippen LogP contribution in [0.25, 0.3) is 0 Å². The van der Waals surface area contributed by atoms with E-state index in [1.165, 1.54) is 0 Å². The molecule has 180 valence electrons. The molecule has 1 N–H and O–H groups in total. The van der Waals surface area contributed by atoms with Crippen molar-refractivity contribution >= 4 is 23.5 Å². The lowest BCUT2D eigenvalue weighted by atomic mass is 10.1. The summed E-state index contributed by atoms with van der Waals surface area (Å²) in [7, 11) is 0. The number of aromatic nitrogens is 2. The fourth-order valence-corrected chi connectivity index (χ4v) is 3.34. The van der Waals surface area contributed by atoms with E-state index in [1.54, 1.807) is 24.3 Å². The van der Waals surface area contributed by atoms with Crippen molar-refractivity contribution in [3.05, 3.63) is 46.8 Å². The van der Waals surface area contributed by atoms with Gasteiger partial charge >= 0.3 is 11.9 Å². The lowest BCUT2D eigenvalue weighted by molar-refractivity contribution is -0.147. The van der Waals surface area contributed by atoms with Gasteiger partial charge in [0.2, 0.25) is 0 Å². The van der Waals surface area contributed by atoms with E-state index in [2.05, 4.69) is 24.3 Å². The van der Waals surface area contributed by atoms with Crippen LogP contribution in [0.1, 0.15) is 67.3 Å². The number of carbonyl (C=O) groups excluding carboxylic acids is 3. The summed E-state index contributed by atoms with van der Waals surface area (Å²) in [6, 6.07) is 6.38. The molecule has 1 aromatic heterocycles. The molecule has 8 nitrogen and oxygen atoms in total. The number of anilines is 1. The molecule has 0 fully saturated rings. The van der Waals surface area contributed by atoms with Gasteiger partial charge in [0.15, 0.2) is 6.61 Å². The first-order valence-electron chi connectivity index (χ1n) is 11.5. The van der Waals surface area contributed by atoms with Gasteiger partial charge in [-0.15, -0.1) is 0 Å².